The second kappa shape index (κ2) is 5.88. The van der Waals surface area contributed by atoms with Gasteiger partial charge in [-0.05, 0) is 31.2 Å². The van der Waals surface area contributed by atoms with Gasteiger partial charge in [0.05, 0.1) is 10.4 Å². The number of aromatic nitrogens is 1. The Balaban J connectivity index is 1.76. The molecule has 1 aliphatic heterocycles. The summed E-state index contributed by atoms with van der Waals surface area (Å²) in [6.45, 7) is 2.72. The van der Waals surface area contributed by atoms with Crippen LogP contribution in [0.5, 0.6) is 0 Å². The van der Waals surface area contributed by atoms with E-state index in [1.165, 1.54) is 11.6 Å². The van der Waals surface area contributed by atoms with E-state index in [-0.39, 0.29) is 5.69 Å². The van der Waals surface area contributed by atoms with Crippen molar-refractivity contribution in [1.29, 1.82) is 0 Å². The van der Waals surface area contributed by atoms with Gasteiger partial charge in [-0.25, -0.2) is 4.98 Å². The Morgan fingerprint density at radius 3 is 3.00 bits per heavy atom. The van der Waals surface area contributed by atoms with Crippen molar-refractivity contribution < 1.29 is 4.92 Å². The van der Waals surface area contributed by atoms with Gasteiger partial charge in [0.15, 0.2) is 0 Å². The minimum Gasteiger partial charge on any atom is -0.366 e. The quantitative estimate of drug-likeness (QED) is 0.512. The van der Waals surface area contributed by atoms with Crippen molar-refractivity contribution in [2.75, 3.05) is 25.0 Å². The van der Waals surface area contributed by atoms with Crippen molar-refractivity contribution in [3.8, 4) is 0 Å². The van der Waals surface area contributed by atoms with E-state index in [2.05, 4.69) is 21.7 Å². The highest BCUT2D eigenvalue weighted by molar-refractivity contribution is 5.82. The van der Waals surface area contributed by atoms with Crippen LogP contribution in [0.3, 0.4) is 0 Å². The normalized spacial score (nSPS) is 14.8. The Hall–Kier alpha value is -2.47. The Bertz CT molecular complexity index is 712. The number of nitrogens with zero attached hydrogens (tertiary/aromatic N) is 2. The monoisotopic (exact) mass is 284 g/mol. The van der Waals surface area contributed by atoms with Crippen molar-refractivity contribution in [2.45, 2.75) is 6.42 Å². The molecular weight excluding hydrogens is 268 g/mol. The number of pyridine rings is 1. The van der Waals surface area contributed by atoms with Crippen LogP contribution in [0, 0.1) is 10.1 Å². The van der Waals surface area contributed by atoms with Gasteiger partial charge < -0.3 is 10.6 Å². The highest BCUT2D eigenvalue weighted by Gasteiger charge is 2.07. The molecule has 0 atom stereocenters. The van der Waals surface area contributed by atoms with E-state index in [9.17, 15) is 10.1 Å². The number of hydrogen-bond donors (Lipinski definition) is 2. The van der Waals surface area contributed by atoms with Gasteiger partial charge >= 0.3 is 0 Å². The number of rotatable bonds is 4. The van der Waals surface area contributed by atoms with Crippen molar-refractivity contribution in [1.82, 2.24) is 10.3 Å². The highest BCUT2D eigenvalue weighted by Crippen LogP contribution is 2.21. The smallest absolute Gasteiger partial charge is 0.270 e. The van der Waals surface area contributed by atoms with Crippen LogP contribution in [0.25, 0.3) is 10.9 Å². The van der Waals surface area contributed by atoms with Gasteiger partial charge in [-0.2, -0.15) is 0 Å². The molecule has 3 rings (SSSR count). The topological polar surface area (TPSA) is 80.1 Å². The molecule has 2 heterocycles. The maximum Gasteiger partial charge on any atom is 0.270 e. The maximum atomic E-state index is 10.8. The number of anilines is 1. The molecule has 0 bridgehead atoms. The van der Waals surface area contributed by atoms with E-state index >= 15 is 0 Å². The number of fused-ring (bicyclic) bond motifs is 1. The van der Waals surface area contributed by atoms with Crippen molar-refractivity contribution >= 4 is 22.4 Å². The van der Waals surface area contributed by atoms with Crippen molar-refractivity contribution in [3.63, 3.8) is 0 Å². The van der Waals surface area contributed by atoms with Crippen LogP contribution < -0.4 is 10.6 Å². The lowest BCUT2D eigenvalue weighted by Crippen LogP contribution is -2.23. The maximum absolute atomic E-state index is 10.8. The van der Waals surface area contributed by atoms with Crippen LogP contribution >= 0.6 is 0 Å². The predicted octanol–water partition coefficient (Wildman–Crippen LogP) is 2.47. The van der Waals surface area contributed by atoms with Gasteiger partial charge in [0, 0.05) is 30.6 Å². The third-order valence-corrected chi connectivity index (χ3v) is 3.54. The highest BCUT2D eigenvalue weighted by atomic mass is 16.6. The minimum absolute atomic E-state index is 0.0878. The molecule has 0 amide bonds. The molecule has 108 valence electrons. The van der Waals surface area contributed by atoms with Crippen LogP contribution in [0.15, 0.2) is 42.0 Å². The van der Waals surface area contributed by atoms with E-state index in [0.29, 0.717) is 0 Å². The number of nitrogens with one attached hydrogen (secondary N) is 2. The predicted molar refractivity (Wildman–Crippen MR) is 82.5 cm³/mol. The minimum atomic E-state index is -0.394. The third kappa shape index (κ3) is 3.17. The number of nitro benzene ring substituents is 1. The second-order valence-corrected chi connectivity index (χ2v) is 5.00. The first kappa shape index (κ1) is 13.5. The number of non-ortho nitro benzene ring substituents is 1. The summed E-state index contributed by atoms with van der Waals surface area (Å²) in [5.41, 5.74) is 2.22. The fraction of sp³-hybridized carbons (Fsp3) is 0.267. The van der Waals surface area contributed by atoms with E-state index in [0.717, 1.165) is 42.8 Å². The Labute approximate surface area is 122 Å². The summed E-state index contributed by atoms with van der Waals surface area (Å²) in [6.07, 6.45) is 3.24. The Morgan fingerprint density at radius 1 is 1.33 bits per heavy atom. The molecule has 21 heavy (non-hydrogen) atoms. The molecule has 0 saturated carbocycles. The van der Waals surface area contributed by atoms with Gasteiger partial charge in [-0.15, -0.1) is 0 Å². The van der Waals surface area contributed by atoms with Gasteiger partial charge in [-0.3, -0.25) is 10.1 Å². The summed E-state index contributed by atoms with van der Waals surface area (Å²) in [6, 6.07) is 8.42. The molecule has 0 fully saturated rings. The Morgan fingerprint density at radius 2 is 2.24 bits per heavy atom. The van der Waals surface area contributed by atoms with Gasteiger partial charge in [0.1, 0.15) is 5.82 Å². The number of nitro groups is 1. The van der Waals surface area contributed by atoms with Crippen molar-refractivity contribution in [2.24, 2.45) is 0 Å². The summed E-state index contributed by atoms with van der Waals surface area (Å²) in [5.74, 6) is 0.788. The zero-order chi connectivity index (χ0) is 14.7. The average Bonchev–Trinajstić information content (AvgIpc) is 2.53. The zero-order valence-electron chi connectivity index (χ0n) is 11.5. The lowest BCUT2D eigenvalue weighted by Gasteiger charge is -2.15. The molecular formula is C15H16N4O2. The van der Waals surface area contributed by atoms with Crippen LogP contribution in [0.4, 0.5) is 11.5 Å². The molecule has 0 spiro atoms. The fourth-order valence-electron chi connectivity index (χ4n) is 2.36. The molecule has 0 saturated heterocycles. The van der Waals surface area contributed by atoms with Crippen LogP contribution in [-0.4, -0.2) is 29.5 Å². The molecule has 2 N–H and O–H groups in total. The molecule has 6 nitrogen and oxygen atoms in total. The van der Waals surface area contributed by atoms with E-state index in [1.54, 1.807) is 12.1 Å². The Kier molecular flexibility index (Phi) is 3.79. The summed E-state index contributed by atoms with van der Waals surface area (Å²) in [4.78, 5) is 14.8. The molecule has 6 heteroatoms. The number of benzene rings is 1. The summed E-state index contributed by atoms with van der Waals surface area (Å²) in [5, 5.41) is 18.1. The first-order chi connectivity index (χ1) is 10.2. The summed E-state index contributed by atoms with van der Waals surface area (Å²) >= 11 is 0. The number of hydrogen-bond acceptors (Lipinski definition) is 5. The molecule has 1 aromatic heterocycles. The lowest BCUT2D eigenvalue weighted by molar-refractivity contribution is -0.384. The molecule has 0 unspecified atom stereocenters. The molecule has 0 aliphatic carbocycles. The SMILES string of the molecule is O=[N+]([O-])c1ccc2nc(NCC3=CCNCC3)ccc2c1. The molecule has 0 radical (unpaired) electrons. The second-order valence-electron chi connectivity index (χ2n) is 5.00. The van der Waals surface area contributed by atoms with Crippen LogP contribution in [0.1, 0.15) is 6.42 Å². The van der Waals surface area contributed by atoms with Crippen LogP contribution in [-0.2, 0) is 0 Å². The lowest BCUT2D eigenvalue weighted by atomic mass is 10.1. The van der Waals surface area contributed by atoms with E-state index in [4.69, 9.17) is 0 Å². The van der Waals surface area contributed by atoms with Gasteiger partial charge in [0.25, 0.3) is 5.69 Å². The van der Waals surface area contributed by atoms with Crippen molar-refractivity contribution in [3.05, 3.63) is 52.1 Å². The standard InChI is InChI=1S/C15H16N4O2/c20-19(21)13-2-3-14-12(9-13)1-4-15(18-14)17-10-11-5-7-16-8-6-11/h1-5,9,16H,6-8,10H2,(H,17,18). The first-order valence-electron chi connectivity index (χ1n) is 6.90. The largest absolute Gasteiger partial charge is 0.366 e. The molecule has 1 aliphatic rings. The van der Waals surface area contributed by atoms with Crippen LogP contribution in [0.2, 0.25) is 0 Å². The van der Waals surface area contributed by atoms with E-state index in [1.807, 2.05) is 12.1 Å². The first-order valence-corrected chi connectivity index (χ1v) is 6.90. The zero-order valence-corrected chi connectivity index (χ0v) is 11.5. The third-order valence-electron chi connectivity index (χ3n) is 3.54. The summed E-state index contributed by atoms with van der Waals surface area (Å²) < 4.78 is 0. The van der Waals surface area contributed by atoms with E-state index < -0.39 is 4.92 Å². The summed E-state index contributed by atoms with van der Waals surface area (Å²) in [7, 11) is 0. The van der Waals surface area contributed by atoms with Gasteiger partial charge in [0.2, 0.25) is 0 Å². The fourth-order valence-corrected chi connectivity index (χ4v) is 2.36. The average molecular weight is 284 g/mol. The van der Waals surface area contributed by atoms with Gasteiger partial charge in [-0.1, -0.05) is 11.6 Å². The molecule has 2 aromatic rings. The molecule has 1 aromatic carbocycles.